The van der Waals surface area contributed by atoms with Gasteiger partial charge in [0, 0.05) is 15.9 Å². The zero-order valence-electron chi connectivity index (χ0n) is 20.7. The van der Waals surface area contributed by atoms with Gasteiger partial charge in [-0.3, -0.25) is 4.79 Å². The van der Waals surface area contributed by atoms with Crippen molar-refractivity contribution in [2.24, 2.45) is 5.92 Å². The Kier molecular flexibility index (Phi) is 8.74. The van der Waals surface area contributed by atoms with Crippen LogP contribution < -0.4 is 10.1 Å². The molecule has 3 aromatic rings. The van der Waals surface area contributed by atoms with Crippen molar-refractivity contribution in [3.8, 4) is 5.75 Å². The average Bonchev–Trinajstić information content (AvgIpc) is 3.43. The Labute approximate surface area is 227 Å². The number of hydrogen-bond acceptors (Lipinski definition) is 8. The number of nitrogens with one attached hydrogen (secondary N) is 1. The molecule has 0 fully saturated rings. The number of thiophene rings is 1. The van der Waals surface area contributed by atoms with E-state index in [0.29, 0.717) is 34.0 Å². The molecule has 1 aliphatic carbocycles. The maximum absolute atomic E-state index is 12.9. The largest absolute Gasteiger partial charge is 0.483 e. The van der Waals surface area contributed by atoms with Crippen LogP contribution in [-0.2, 0) is 28.9 Å². The number of methoxy groups -OCH3 is 1. The molecule has 0 bridgehead atoms. The van der Waals surface area contributed by atoms with Crippen molar-refractivity contribution in [3.63, 3.8) is 0 Å². The van der Waals surface area contributed by atoms with Crippen LogP contribution in [0.5, 0.6) is 5.75 Å². The second-order valence-electron chi connectivity index (χ2n) is 8.68. The van der Waals surface area contributed by atoms with E-state index in [9.17, 15) is 9.59 Å². The van der Waals surface area contributed by atoms with E-state index >= 15 is 0 Å². The Morgan fingerprint density at radius 3 is 2.75 bits per heavy atom. The Morgan fingerprint density at radius 2 is 2.06 bits per heavy atom. The fraction of sp³-hybridized carbons (Fsp3) is 0.440. The summed E-state index contributed by atoms with van der Waals surface area (Å²) in [5.74, 6) is 1.52. The lowest BCUT2D eigenvalue weighted by Gasteiger charge is -2.18. The van der Waals surface area contributed by atoms with E-state index in [1.54, 1.807) is 0 Å². The summed E-state index contributed by atoms with van der Waals surface area (Å²) < 4.78 is 14.0. The smallest absolute Gasteiger partial charge is 0.341 e. The summed E-state index contributed by atoms with van der Waals surface area (Å²) in [6.07, 6.45) is 2.45. The van der Waals surface area contributed by atoms with Crippen molar-refractivity contribution >= 4 is 55.9 Å². The lowest BCUT2D eigenvalue weighted by atomic mass is 9.88. The molecule has 11 heteroatoms. The molecule has 0 saturated carbocycles. The number of aromatic nitrogens is 3. The molecule has 0 saturated heterocycles. The zero-order chi connectivity index (χ0) is 25.8. The van der Waals surface area contributed by atoms with Crippen molar-refractivity contribution in [1.29, 1.82) is 0 Å². The third-order valence-electron chi connectivity index (χ3n) is 6.04. The molecule has 8 nitrogen and oxygen atoms in total. The van der Waals surface area contributed by atoms with Gasteiger partial charge in [0.1, 0.15) is 10.8 Å². The molecule has 1 aliphatic rings. The van der Waals surface area contributed by atoms with Gasteiger partial charge < -0.3 is 19.4 Å². The summed E-state index contributed by atoms with van der Waals surface area (Å²) in [5.41, 5.74) is 1.52. The van der Waals surface area contributed by atoms with Crippen LogP contribution in [0.4, 0.5) is 5.00 Å². The molecule has 2 heterocycles. The van der Waals surface area contributed by atoms with E-state index in [1.165, 1.54) is 30.2 Å². The van der Waals surface area contributed by atoms with Gasteiger partial charge in [-0.05, 0) is 68.9 Å². The minimum absolute atomic E-state index is 0.139. The van der Waals surface area contributed by atoms with Crippen LogP contribution in [-0.4, -0.2) is 39.5 Å². The van der Waals surface area contributed by atoms with Crippen LogP contribution in [0.25, 0.3) is 0 Å². The number of fused-ring (bicyclic) bond motifs is 1. The number of hydrogen-bond donors (Lipinski definition) is 1. The molecule has 1 amide bonds. The van der Waals surface area contributed by atoms with Gasteiger partial charge in [0.25, 0.3) is 0 Å². The summed E-state index contributed by atoms with van der Waals surface area (Å²) in [6.45, 7) is 6.78. The first-order valence-corrected chi connectivity index (χ1v) is 14.4. The third kappa shape index (κ3) is 5.95. The Morgan fingerprint density at radius 1 is 1.31 bits per heavy atom. The third-order valence-corrected chi connectivity index (χ3v) is 8.70. The second-order valence-corrected chi connectivity index (χ2v) is 11.6. The molecule has 0 radical (unpaired) electrons. The quantitative estimate of drug-likeness (QED) is 0.244. The number of carbonyl (C=O) groups excluding carboxylic acids is 2. The van der Waals surface area contributed by atoms with Crippen LogP contribution in [0.2, 0.25) is 0 Å². The molecule has 2 unspecified atom stereocenters. The Balaban J connectivity index is 1.43. The lowest BCUT2D eigenvalue weighted by Crippen LogP contribution is -2.17. The van der Waals surface area contributed by atoms with E-state index < -0.39 is 5.97 Å². The molecule has 0 aliphatic heterocycles. The number of nitrogens with zero attached hydrogens (tertiary/aromatic N) is 3. The first-order valence-electron chi connectivity index (χ1n) is 11.8. The van der Waals surface area contributed by atoms with Crippen LogP contribution in [0, 0.1) is 5.92 Å². The number of anilines is 1. The summed E-state index contributed by atoms with van der Waals surface area (Å²) in [7, 11) is 1.37. The Hall–Kier alpha value is -2.37. The summed E-state index contributed by atoms with van der Waals surface area (Å²) in [5, 5.41) is 12.8. The average molecular weight is 594 g/mol. The predicted molar refractivity (Wildman–Crippen MR) is 145 cm³/mol. The topological polar surface area (TPSA) is 95.3 Å². The molecule has 4 rings (SSSR count). The standard InChI is InChI=1S/C25H29BrN4O4S2/c1-5-30-22(15(3)34-17-9-7-16(26)8-10-17)28-29-25(30)35-13-20(31)27-23-21(24(32)33-4)18-11-6-14(2)12-19(18)36-23/h7-10,14-15H,5-6,11-13H2,1-4H3,(H,27,31). The van der Waals surface area contributed by atoms with Gasteiger partial charge >= 0.3 is 5.97 Å². The molecule has 2 aromatic heterocycles. The van der Waals surface area contributed by atoms with Gasteiger partial charge in [-0.2, -0.15) is 0 Å². The van der Waals surface area contributed by atoms with E-state index in [0.717, 1.165) is 39.9 Å². The van der Waals surface area contributed by atoms with Gasteiger partial charge in [-0.1, -0.05) is 34.6 Å². The maximum Gasteiger partial charge on any atom is 0.341 e. The van der Waals surface area contributed by atoms with Crippen LogP contribution in [0.1, 0.15) is 59.9 Å². The van der Waals surface area contributed by atoms with Crippen molar-refractivity contribution in [2.75, 3.05) is 18.2 Å². The van der Waals surface area contributed by atoms with E-state index in [-0.39, 0.29) is 17.8 Å². The number of benzene rings is 1. The summed E-state index contributed by atoms with van der Waals surface area (Å²) in [6, 6.07) is 7.61. The van der Waals surface area contributed by atoms with Crippen molar-refractivity contribution in [1.82, 2.24) is 14.8 Å². The Bertz CT molecular complexity index is 1240. The molecule has 192 valence electrons. The molecule has 1 aromatic carbocycles. The van der Waals surface area contributed by atoms with Gasteiger partial charge in [0.2, 0.25) is 5.91 Å². The second kappa shape index (κ2) is 11.8. The SMILES string of the molecule is CCn1c(SCC(=O)Nc2sc3c(c2C(=O)OC)CCC(C)C3)nnc1C(C)Oc1ccc(Br)cc1. The number of rotatable bonds is 9. The van der Waals surface area contributed by atoms with Crippen LogP contribution in [0.15, 0.2) is 33.9 Å². The zero-order valence-corrected chi connectivity index (χ0v) is 23.9. The molecule has 0 spiro atoms. The first-order chi connectivity index (χ1) is 17.3. The van der Waals surface area contributed by atoms with Gasteiger partial charge in [-0.25, -0.2) is 4.79 Å². The van der Waals surface area contributed by atoms with Gasteiger partial charge in [0.05, 0.1) is 18.4 Å². The lowest BCUT2D eigenvalue weighted by molar-refractivity contribution is -0.113. The molecule has 1 N–H and O–H groups in total. The fourth-order valence-electron chi connectivity index (χ4n) is 4.22. The van der Waals surface area contributed by atoms with Crippen molar-refractivity contribution in [2.45, 2.75) is 57.8 Å². The summed E-state index contributed by atoms with van der Waals surface area (Å²) >= 11 is 6.21. The number of carbonyl (C=O) groups is 2. The van der Waals surface area contributed by atoms with Crippen LogP contribution in [0.3, 0.4) is 0 Å². The minimum atomic E-state index is -0.403. The highest BCUT2D eigenvalue weighted by Gasteiger charge is 2.29. The number of amides is 1. The van der Waals surface area contributed by atoms with Gasteiger partial charge in [0.15, 0.2) is 17.1 Å². The number of halogens is 1. The fourth-order valence-corrected chi connectivity index (χ4v) is 6.71. The minimum Gasteiger partial charge on any atom is -0.483 e. The highest BCUT2D eigenvalue weighted by molar-refractivity contribution is 9.10. The molecular weight excluding hydrogens is 564 g/mol. The molecule has 36 heavy (non-hydrogen) atoms. The van der Waals surface area contributed by atoms with Crippen molar-refractivity contribution < 1.29 is 19.1 Å². The number of ether oxygens (including phenoxy) is 2. The first kappa shape index (κ1) is 26.7. The maximum atomic E-state index is 12.9. The highest BCUT2D eigenvalue weighted by atomic mass is 79.9. The van der Waals surface area contributed by atoms with E-state index in [1.807, 2.05) is 42.7 Å². The number of thioether (sulfide) groups is 1. The van der Waals surface area contributed by atoms with E-state index in [4.69, 9.17) is 9.47 Å². The number of esters is 1. The summed E-state index contributed by atoms with van der Waals surface area (Å²) in [4.78, 5) is 26.5. The molecular formula is C25H29BrN4O4S2. The monoisotopic (exact) mass is 592 g/mol. The molecule has 2 atom stereocenters. The van der Waals surface area contributed by atoms with Crippen LogP contribution >= 0.6 is 39.0 Å². The normalized spacial score (nSPS) is 15.8. The highest BCUT2D eigenvalue weighted by Crippen LogP contribution is 2.40. The van der Waals surface area contributed by atoms with E-state index in [2.05, 4.69) is 38.4 Å². The van der Waals surface area contributed by atoms with Gasteiger partial charge in [-0.15, -0.1) is 21.5 Å². The predicted octanol–water partition coefficient (Wildman–Crippen LogP) is 5.90. The van der Waals surface area contributed by atoms with Crippen molar-refractivity contribution in [3.05, 3.63) is 50.6 Å².